The molecule has 1 aromatic rings. The first-order chi connectivity index (χ1) is 10.8. The molecule has 3 atom stereocenters. The van der Waals surface area contributed by atoms with Gasteiger partial charge in [0.15, 0.2) is 0 Å². The second-order valence-corrected chi connectivity index (χ2v) is 7.35. The van der Waals surface area contributed by atoms with E-state index in [1.807, 2.05) is 45.3 Å². The fraction of sp³-hybridized carbons (Fsp3) is 0.667. The molecular weight excluding hydrogens is 290 g/mol. The minimum atomic E-state index is -0.451. The maximum Gasteiger partial charge on any atom is 0.407 e. The normalized spacial score (nSPS) is 22.6. The molecule has 0 aliphatic heterocycles. The number of carbonyl (C=O) groups is 1. The van der Waals surface area contributed by atoms with Crippen molar-refractivity contribution in [3.8, 4) is 0 Å². The molecular formula is C18H29N3O2. The van der Waals surface area contributed by atoms with Gasteiger partial charge in [-0.05, 0) is 64.2 Å². The average molecular weight is 319 g/mol. The molecule has 2 N–H and O–H groups in total. The lowest BCUT2D eigenvalue weighted by Gasteiger charge is -2.26. The summed E-state index contributed by atoms with van der Waals surface area (Å²) < 4.78 is 5.31. The summed E-state index contributed by atoms with van der Waals surface area (Å²) in [5.41, 5.74) is 0.790. The second-order valence-electron chi connectivity index (χ2n) is 7.35. The average Bonchev–Trinajstić information content (AvgIpc) is 2.91. The quantitative estimate of drug-likeness (QED) is 0.873. The van der Waals surface area contributed by atoms with Gasteiger partial charge in [-0.3, -0.25) is 4.98 Å². The molecule has 1 aliphatic carbocycles. The summed E-state index contributed by atoms with van der Waals surface area (Å²) in [7, 11) is 0. The minimum Gasteiger partial charge on any atom is -0.444 e. The van der Waals surface area contributed by atoms with Crippen molar-refractivity contribution in [3.63, 3.8) is 0 Å². The van der Waals surface area contributed by atoms with Crippen LogP contribution in [-0.2, 0) is 4.74 Å². The van der Waals surface area contributed by atoms with Crippen LogP contribution in [-0.4, -0.2) is 29.3 Å². The van der Waals surface area contributed by atoms with Gasteiger partial charge in [-0.15, -0.1) is 0 Å². The van der Waals surface area contributed by atoms with Gasteiger partial charge in [-0.2, -0.15) is 0 Å². The van der Waals surface area contributed by atoms with Crippen molar-refractivity contribution in [1.29, 1.82) is 0 Å². The number of carbonyl (C=O) groups excluding carboxylic acids is 1. The monoisotopic (exact) mass is 319 g/mol. The molecule has 23 heavy (non-hydrogen) atoms. The van der Waals surface area contributed by atoms with Crippen LogP contribution < -0.4 is 10.6 Å². The van der Waals surface area contributed by atoms with Gasteiger partial charge in [0.1, 0.15) is 5.60 Å². The van der Waals surface area contributed by atoms with Gasteiger partial charge < -0.3 is 15.4 Å². The summed E-state index contributed by atoms with van der Waals surface area (Å²) in [5.74, 6) is 0.451. The third-order valence-corrected chi connectivity index (χ3v) is 4.24. The molecule has 2 unspecified atom stereocenters. The Morgan fingerprint density at radius 1 is 1.35 bits per heavy atom. The summed E-state index contributed by atoms with van der Waals surface area (Å²) in [5, 5.41) is 6.61. The van der Waals surface area contributed by atoms with Crippen LogP contribution in [0.5, 0.6) is 0 Å². The molecule has 1 fully saturated rings. The van der Waals surface area contributed by atoms with E-state index in [1.54, 1.807) is 0 Å². The topological polar surface area (TPSA) is 63.2 Å². The van der Waals surface area contributed by atoms with E-state index in [4.69, 9.17) is 4.74 Å². The van der Waals surface area contributed by atoms with Crippen LogP contribution >= 0.6 is 0 Å². The Morgan fingerprint density at radius 3 is 2.70 bits per heavy atom. The zero-order valence-corrected chi connectivity index (χ0v) is 14.6. The minimum absolute atomic E-state index is 0.283. The van der Waals surface area contributed by atoms with Gasteiger partial charge in [-0.1, -0.05) is 6.42 Å². The van der Waals surface area contributed by atoms with E-state index in [9.17, 15) is 4.79 Å². The number of hydrogen-bond donors (Lipinski definition) is 2. The number of nitrogens with zero attached hydrogens (tertiary/aromatic N) is 1. The Balaban J connectivity index is 1.82. The molecule has 1 amide bonds. The largest absolute Gasteiger partial charge is 0.444 e. The van der Waals surface area contributed by atoms with Crippen LogP contribution in [0.25, 0.3) is 0 Å². The Bertz CT molecular complexity index is 499. The number of rotatable bonds is 5. The van der Waals surface area contributed by atoms with E-state index in [0.717, 1.165) is 12.8 Å². The van der Waals surface area contributed by atoms with Crippen molar-refractivity contribution < 1.29 is 9.53 Å². The second kappa shape index (κ2) is 7.77. The molecule has 5 nitrogen and oxygen atoms in total. The molecule has 1 aliphatic rings. The molecule has 0 aromatic carbocycles. The van der Waals surface area contributed by atoms with Crippen molar-refractivity contribution in [1.82, 2.24) is 15.6 Å². The molecule has 0 radical (unpaired) electrons. The zero-order chi connectivity index (χ0) is 16.9. The lowest BCUT2D eigenvalue weighted by Crippen LogP contribution is -2.41. The zero-order valence-electron chi connectivity index (χ0n) is 14.6. The molecule has 5 heteroatoms. The number of aromatic nitrogens is 1. The fourth-order valence-corrected chi connectivity index (χ4v) is 3.10. The Hall–Kier alpha value is -1.62. The lowest BCUT2D eigenvalue weighted by molar-refractivity contribution is 0.0517. The van der Waals surface area contributed by atoms with Crippen molar-refractivity contribution in [2.75, 3.05) is 6.54 Å². The Morgan fingerprint density at radius 2 is 2.04 bits per heavy atom. The summed E-state index contributed by atoms with van der Waals surface area (Å²) >= 11 is 0. The fourth-order valence-electron chi connectivity index (χ4n) is 3.10. The summed E-state index contributed by atoms with van der Waals surface area (Å²) in [6.07, 6.45) is 6.80. The molecule has 1 aromatic heterocycles. The van der Waals surface area contributed by atoms with Crippen LogP contribution in [0.1, 0.15) is 58.6 Å². The highest BCUT2D eigenvalue weighted by Crippen LogP contribution is 2.27. The molecule has 0 saturated heterocycles. The smallest absolute Gasteiger partial charge is 0.407 e. The van der Waals surface area contributed by atoms with E-state index in [-0.39, 0.29) is 12.1 Å². The predicted octanol–water partition coefficient (Wildman–Crippen LogP) is 3.43. The molecule has 1 saturated carbocycles. The number of hydrogen-bond acceptors (Lipinski definition) is 4. The molecule has 128 valence electrons. The van der Waals surface area contributed by atoms with Gasteiger partial charge in [-0.25, -0.2) is 4.79 Å². The first-order valence-electron chi connectivity index (χ1n) is 8.48. The molecule has 2 rings (SSSR count). The van der Waals surface area contributed by atoms with Gasteiger partial charge in [0.05, 0.1) is 0 Å². The van der Waals surface area contributed by atoms with Crippen LogP contribution in [0, 0.1) is 5.92 Å². The van der Waals surface area contributed by atoms with Crippen molar-refractivity contribution in [3.05, 3.63) is 30.1 Å². The highest BCUT2D eigenvalue weighted by atomic mass is 16.6. The third kappa shape index (κ3) is 5.82. The van der Waals surface area contributed by atoms with E-state index < -0.39 is 5.60 Å². The standard InChI is InChI=1S/C18H29N3O2/c1-13(14-8-10-19-11-9-14)21-16-7-5-6-15(16)12-20-17(22)23-18(2,3)4/h8-11,13,15-16,21H,5-7,12H2,1-4H3,(H,20,22)/t13-,15?,16?/m0/s1. The first kappa shape index (κ1) is 17.7. The van der Waals surface area contributed by atoms with Crippen molar-refractivity contribution in [2.24, 2.45) is 5.92 Å². The number of nitrogens with one attached hydrogen (secondary N) is 2. The van der Waals surface area contributed by atoms with Crippen LogP contribution in [0.3, 0.4) is 0 Å². The summed E-state index contributed by atoms with van der Waals surface area (Å²) in [6.45, 7) is 8.47. The maximum absolute atomic E-state index is 11.8. The molecule has 1 heterocycles. The molecule has 0 spiro atoms. The van der Waals surface area contributed by atoms with E-state index >= 15 is 0 Å². The van der Waals surface area contributed by atoms with E-state index in [0.29, 0.717) is 18.5 Å². The first-order valence-corrected chi connectivity index (χ1v) is 8.48. The van der Waals surface area contributed by atoms with Crippen molar-refractivity contribution >= 4 is 6.09 Å². The summed E-state index contributed by atoms with van der Waals surface area (Å²) in [4.78, 5) is 15.9. The van der Waals surface area contributed by atoms with Gasteiger partial charge in [0.2, 0.25) is 0 Å². The van der Waals surface area contributed by atoms with Crippen LogP contribution in [0.15, 0.2) is 24.5 Å². The summed E-state index contributed by atoms with van der Waals surface area (Å²) in [6, 6.07) is 4.79. The lowest BCUT2D eigenvalue weighted by atomic mass is 10.0. The van der Waals surface area contributed by atoms with Gasteiger partial charge in [0.25, 0.3) is 0 Å². The number of alkyl carbamates (subject to hydrolysis) is 1. The number of pyridine rings is 1. The SMILES string of the molecule is C[C@H](NC1CCCC1CNC(=O)OC(C)(C)C)c1ccncc1. The van der Waals surface area contributed by atoms with E-state index in [2.05, 4.69) is 22.5 Å². The van der Waals surface area contributed by atoms with Crippen LogP contribution in [0.2, 0.25) is 0 Å². The van der Waals surface area contributed by atoms with Crippen LogP contribution in [0.4, 0.5) is 4.79 Å². The van der Waals surface area contributed by atoms with E-state index in [1.165, 1.54) is 12.0 Å². The Kier molecular flexibility index (Phi) is 5.99. The maximum atomic E-state index is 11.8. The van der Waals surface area contributed by atoms with Gasteiger partial charge >= 0.3 is 6.09 Å². The van der Waals surface area contributed by atoms with Gasteiger partial charge in [0, 0.05) is 31.0 Å². The third-order valence-electron chi connectivity index (χ3n) is 4.24. The Labute approximate surface area is 139 Å². The number of ether oxygens (including phenoxy) is 1. The van der Waals surface area contributed by atoms with Crippen molar-refractivity contribution in [2.45, 2.75) is 64.6 Å². The predicted molar refractivity (Wildman–Crippen MR) is 91.2 cm³/mol. The highest BCUT2D eigenvalue weighted by Gasteiger charge is 2.29. The highest BCUT2D eigenvalue weighted by molar-refractivity contribution is 5.67. The molecule has 0 bridgehead atoms. The number of amides is 1.